The molecule has 1 saturated heterocycles. The van der Waals surface area contributed by atoms with Gasteiger partial charge in [-0.2, -0.15) is 0 Å². The zero-order valence-electron chi connectivity index (χ0n) is 15.6. The number of amides is 1. The van der Waals surface area contributed by atoms with Gasteiger partial charge in [-0.05, 0) is 76.1 Å². The van der Waals surface area contributed by atoms with Crippen molar-refractivity contribution in [3.63, 3.8) is 0 Å². The number of aryl methyl sites for hydroxylation is 2. The topological polar surface area (TPSA) is 32.3 Å². The van der Waals surface area contributed by atoms with Crippen LogP contribution in [0.4, 0.5) is 11.4 Å². The number of nitrogens with zero attached hydrogens (tertiary/aromatic N) is 1. The first-order valence-electron chi connectivity index (χ1n) is 9.11. The lowest BCUT2D eigenvalue weighted by molar-refractivity contribution is -0.112. The fourth-order valence-corrected chi connectivity index (χ4v) is 4.50. The van der Waals surface area contributed by atoms with Crippen LogP contribution in [0.15, 0.2) is 27.8 Å². The smallest absolute Gasteiger partial charge is 0.256 e. The molecule has 0 atom stereocenters. The van der Waals surface area contributed by atoms with Gasteiger partial charge < -0.3 is 10.2 Å². The molecule has 134 valence electrons. The molecule has 0 spiro atoms. The maximum absolute atomic E-state index is 12.9. The number of nitrogens with one attached hydrogen (secondary N) is 1. The molecule has 1 aromatic rings. The van der Waals surface area contributed by atoms with Crippen LogP contribution in [0.1, 0.15) is 49.3 Å². The number of allylic oxidation sites excluding steroid dienone is 2. The van der Waals surface area contributed by atoms with E-state index < -0.39 is 0 Å². The molecule has 0 radical (unpaired) electrons. The van der Waals surface area contributed by atoms with Crippen molar-refractivity contribution < 1.29 is 4.79 Å². The second-order valence-corrected chi connectivity index (χ2v) is 8.27. The van der Waals surface area contributed by atoms with Gasteiger partial charge in [0.15, 0.2) is 0 Å². The number of benzene rings is 1. The molecule has 1 fully saturated rings. The molecule has 1 aliphatic carbocycles. The normalized spacial score (nSPS) is 17.8. The summed E-state index contributed by atoms with van der Waals surface area (Å²) in [6.07, 6.45) is 6.41. The maximum Gasteiger partial charge on any atom is 0.256 e. The highest BCUT2D eigenvalue weighted by Crippen LogP contribution is 2.36. The van der Waals surface area contributed by atoms with Gasteiger partial charge in [0.25, 0.3) is 5.91 Å². The quantitative estimate of drug-likeness (QED) is 0.719. The van der Waals surface area contributed by atoms with Crippen LogP contribution in [-0.2, 0) is 4.79 Å². The highest BCUT2D eigenvalue weighted by molar-refractivity contribution is 9.11. The van der Waals surface area contributed by atoms with Crippen LogP contribution in [0.2, 0.25) is 0 Å². The summed E-state index contributed by atoms with van der Waals surface area (Å²) in [5, 5.41) is 3.19. The van der Waals surface area contributed by atoms with Crippen molar-refractivity contribution in [2.24, 2.45) is 0 Å². The Hall–Kier alpha value is -1.55. The van der Waals surface area contributed by atoms with E-state index in [2.05, 4.69) is 59.9 Å². The van der Waals surface area contributed by atoms with Crippen molar-refractivity contribution in [1.82, 2.24) is 0 Å². The molecule has 3 nitrogen and oxygen atoms in total. The minimum absolute atomic E-state index is 0.0200. The largest absolute Gasteiger partial charge is 0.371 e. The van der Waals surface area contributed by atoms with E-state index >= 15 is 0 Å². The van der Waals surface area contributed by atoms with Crippen LogP contribution in [0.3, 0.4) is 0 Å². The fourth-order valence-electron chi connectivity index (χ4n) is 4.00. The first kappa shape index (κ1) is 18.2. The predicted octanol–water partition coefficient (Wildman–Crippen LogP) is 5.54. The molecule has 0 saturated carbocycles. The predicted molar refractivity (Wildman–Crippen MR) is 110 cm³/mol. The number of hydrogen-bond acceptors (Lipinski definition) is 2. The van der Waals surface area contributed by atoms with E-state index in [1.807, 2.05) is 6.08 Å². The summed E-state index contributed by atoms with van der Waals surface area (Å²) in [6.45, 7) is 10.7. The summed E-state index contributed by atoms with van der Waals surface area (Å²) in [5.74, 6) is -0.0200. The molecule has 0 unspecified atom stereocenters. The lowest BCUT2D eigenvalue weighted by Crippen LogP contribution is -2.22. The van der Waals surface area contributed by atoms with Gasteiger partial charge in [0.2, 0.25) is 0 Å². The minimum atomic E-state index is -0.0200. The Morgan fingerprint density at radius 1 is 1.08 bits per heavy atom. The van der Waals surface area contributed by atoms with Gasteiger partial charge in [-0.1, -0.05) is 27.6 Å². The van der Waals surface area contributed by atoms with E-state index in [9.17, 15) is 4.79 Å². The summed E-state index contributed by atoms with van der Waals surface area (Å²) >= 11 is 3.58. The molecule has 1 aliphatic heterocycles. The molecule has 1 amide bonds. The second kappa shape index (κ2) is 7.36. The molecule has 0 bridgehead atoms. The maximum atomic E-state index is 12.9. The monoisotopic (exact) mass is 402 g/mol. The van der Waals surface area contributed by atoms with Gasteiger partial charge >= 0.3 is 0 Å². The van der Waals surface area contributed by atoms with Gasteiger partial charge in [-0.3, -0.25) is 4.79 Å². The van der Waals surface area contributed by atoms with Crippen molar-refractivity contribution in [2.45, 2.75) is 53.4 Å². The zero-order chi connectivity index (χ0) is 18.1. The Balaban J connectivity index is 1.95. The van der Waals surface area contributed by atoms with Gasteiger partial charge in [0.05, 0.1) is 0 Å². The molecule has 1 heterocycles. The first-order chi connectivity index (χ1) is 11.9. The Morgan fingerprint density at radius 3 is 2.44 bits per heavy atom. The van der Waals surface area contributed by atoms with Crippen molar-refractivity contribution >= 4 is 33.2 Å². The average molecular weight is 403 g/mol. The van der Waals surface area contributed by atoms with E-state index in [-0.39, 0.29) is 5.91 Å². The van der Waals surface area contributed by atoms with Crippen LogP contribution in [0, 0.1) is 20.8 Å². The Morgan fingerprint density at radius 2 is 1.76 bits per heavy atom. The molecule has 1 aromatic carbocycles. The lowest BCUT2D eigenvalue weighted by atomic mass is 9.98. The summed E-state index contributed by atoms with van der Waals surface area (Å²) in [7, 11) is 0. The van der Waals surface area contributed by atoms with E-state index in [4.69, 9.17) is 0 Å². The van der Waals surface area contributed by atoms with Crippen LogP contribution in [0.25, 0.3) is 0 Å². The Kier molecular flexibility index (Phi) is 5.38. The molecule has 3 rings (SSSR count). The lowest BCUT2D eigenvalue weighted by Gasteiger charge is -2.26. The minimum Gasteiger partial charge on any atom is -0.371 e. The third kappa shape index (κ3) is 3.69. The summed E-state index contributed by atoms with van der Waals surface area (Å²) in [4.78, 5) is 15.3. The van der Waals surface area contributed by atoms with Crippen molar-refractivity contribution in [3.8, 4) is 0 Å². The number of halogens is 1. The highest BCUT2D eigenvalue weighted by Gasteiger charge is 2.22. The first-order valence-corrected chi connectivity index (χ1v) is 9.90. The van der Waals surface area contributed by atoms with Gasteiger partial charge in [0, 0.05) is 34.5 Å². The fraction of sp³-hybridized carbons (Fsp3) is 0.476. The molecule has 4 heteroatoms. The standard InChI is InChI=1S/C21H27BrN2O/c1-13-7-8-18(22)17(11-13)21(25)23-19-14(2)12-15(3)20(16(19)4)24-9-5-6-10-24/h11-12H,5-10H2,1-4H3,(H,23,25). The molecule has 2 aliphatic rings. The molecular formula is C21H27BrN2O. The van der Waals surface area contributed by atoms with Gasteiger partial charge in [0.1, 0.15) is 0 Å². The molecular weight excluding hydrogens is 376 g/mol. The summed E-state index contributed by atoms with van der Waals surface area (Å²) < 4.78 is 0.998. The average Bonchev–Trinajstić information content (AvgIpc) is 3.07. The highest BCUT2D eigenvalue weighted by atomic mass is 79.9. The van der Waals surface area contributed by atoms with Crippen LogP contribution in [-0.4, -0.2) is 19.0 Å². The molecule has 1 N–H and O–H groups in total. The summed E-state index contributed by atoms with van der Waals surface area (Å²) in [5.41, 5.74) is 7.86. The molecule has 0 aromatic heterocycles. The molecule has 25 heavy (non-hydrogen) atoms. The van der Waals surface area contributed by atoms with Crippen LogP contribution < -0.4 is 10.2 Å². The SMILES string of the molecule is CC1=CC(C(=O)Nc2c(C)cc(C)c(N3CCCC3)c2C)=C(Br)CC1. The Bertz CT molecular complexity index is 771. The van der Waals surface area contributed by atoms with Crippen LogP contribution >= 0.6 is 15.9 Å². The van der Waals surface area contributed by atoms with Crippen molar-refractivity contribution in [3.05, 3.63) is 44.5 Å². The van der Waals surface area contributed by atoms with E-state index in [0.29, 0.717) is 0 Å². The number of anilines is 2. The van der Waals surface area contributed by atoms with Gasteiger partial charge in [-0.15, -0.1) is 0 Å². The zero-order valence-corrected chi connectivity index (χ0v) is 17.2. The number of carbonyl (C=O) groups is 1. The van der Waals surface area contributed by atoms with E-state index in [0.717, 1.165) is 47.2 Å². The third-order valence-electron chi connectivity index (χ3n) is 5.26. The Labute approximate surface area is 159 Å². The number of carbonyl (C=O) groups excluding carboxylic acids is 1. The van der Waals surface area contributed by atoms with E-state index in [1.54, 1.807) is 0 Å². The number of hydrogen-bond donors (Lipinski definition) is 1. The van der Waals surface area contributed by atoms with Crippen LogP contribution in [0.5, 0.6) is 0 Å². The van der Waals surface area contributed by atoms with Crippen molar-refractivity contribution in [2.75, 3.05) is 23.3 Å². The second-order valence-electron chi connectivity index (χ2n) is 7.32. The van der Waals surface area contributed by atoms with Crippen molar-refractivity contribution in [1.29, 1.82) is 0 Å². The third-order valence-corrected chi connectivity index (χ3v) is 6.08. The van der Waals surface area contributed by atoms with E-state index in [1.165, 1.54) is 35.2 Å². The van der Waals surface area contributed by atoms with Gasteiger partial charge in [-0.25, -0.2) is 0 Å². The summed E-state index contributed by atoms with van der Waals surface area (Å²) in [6, 6.07) is 2.20. The number of rotatable bonds is 3.